The van der Waals surface area contributed by atoms with E-state index in [4.69, 9.17) is 0 Å². The van der Waals surface area contributed by atoms with Crippen molar-refractivity contribution in [1.29, 1.82) is 0 Å². The van der Waals surface area contributed by atoms with Crippen LogP contribution in [0, 0.1) is 0 Å². The molecule has 1 saturated carbocycles. The fourth-order valence-corrected chi connectivity index (χ4v) is 3.07. The zero-order valence-electron chi connectivity index (χ0n) is 13.5. The maximum absolute atomic E-state index is 12.1. The molecule has 1 aliphatic heterocycles. The molecule has 7 heteroatoms. The third-order valence-corrected chi connectivity index (χ3v) is 4.26. The molecular formula is C15H29ClN4O2. The summed E-state index contributed by atoms with van der Waals surface area (Å²) in [5.74, 6) is 0.155. The van der Waals surface area contributed by atoms with Gasteiger partial charge in [-0.2, -0.15) is 0 Å². The topological polar surface area (TPSA) is 64.7 Å². The molecule has 128 valence electrons. The first-order chi connectivity index (χ1) is 10.1. The minimum atomic E-state index is 0. The lowest BCUT2D eigenvalue weighted by Crippen LogP contribution is -2.50. The van der Waals surface area contributed by atoms with E-state index in [2.05, 4.69) is 10.6 Å². The summed E-state index contributed by atoms with van der Waals surface area (Å²) in [6.45, 7) is 3.86. The van der Waals surface area contributed by atoms with E-state index in [0.717, 1.165) is 39.0 Å². The van der Waals surface area contributed by atoms with Crippen LogP contribution in [0.5, 0.6) is 0 Å². The number of hydrogen-bond donors (Lipinski definition) is 2. The Kier molecular flexibility index (Phi) is 8.75. The fraction of sp³-hybridized carbons (Fsp3) is 0.867. The van der Waals surface area contributed by atoms with Crippen LogP contribution in [0.3, 0.4) is 0 Å². The number of halogens is 1. The van der Waals surface area contributed by atoms with Gasteiger partial charge in [0, 0.05) is 32.2 Å². The summed E-state index contributed by atoms with van der Waals surface area (Å²) in [5, 5.41) is 6.32. The predicted octanol–water partition coefficient (Wildman–Crippen LogP) is 0.221. The van der Waals surface area contributed by atoms with E-state index in [1.165, 1.54) is 19.3 Å². The average molecular weight is 333 g/mol. The van der Waals surface area contributed by atoms with Crippen molar-refractivity contribution < 1.29 is 9.59 Å². The fourth-order valence-electron chi connectivity index (χ4n) is 3.07. The van der Waals surface area contributed by atoms with Gasteiger partial charge in [-0.1, -0.05) is 19.3 Å². The van der Waals surface area contributed by atoms with Gasteiger partial charge in [0.2, 0.25) is 11.8 Å². The molecule has 2 N–H and O–H groups in total. The second-order valence-corrected chi connectivity index (χ2v) is 6.21. The first-order valence-electron chi connectivity index (χ1n) is 8.11. The van der Waals surface area contributed by atoms with Crippen LogP contribution < -0.4 is 10.6 Å². The SMILES string of the molecule is CN(CC(=O)NC1CCCCC1)CC(=O)N1CCNCC1.Cl. The number of carbonyl (C=O) groups is 2. The lowest BCUT2D eigenvalue weighted by Gasteiger charge is -2.29. The molecule has 6 nitrogen and oxygen atoms in total. The summed E-state index contributed by atoms with van der Waals surface area (Å²) in [5.41, 5.74) is 0. The standard InChI is InChI=1S/C15H28N4O2.ClH/c1-18(12-15(21)19-9-7-16-8-10-19)11-14(20)17-13-5-3-2-4-6-13;/h13,16H,2-12H2,1H3,(H,17,20);1H. The van der Waals surface area contributed by atoms with Crippen LogP contribution in [0.15, 0.2) is 0 Å². The number of nitrogens with zero attached hydrogens (tertiary/aromatic N) is 2. The summed E-state index contributed by atoms with van der Waals surface area (Å²) in [6, 6.07) is 0.337. The second kappa shape index (κ2) is 10.0. The highest BCUT2D eigenvalue weighted by Crippen LogP contribution is 2.17. The van der Waals surface area contributed by atoms with Gasteiger partial charge in [0.05, 0.1) is 13.1 Å². The molecule has 0 spiro atoms. The van der Waals surface area contributed by atoms with Gasteiger partial charge in [0.15, 0.2) is 0 Å². The summed E-state index contributed by atoms with van der Waals surface area (Å²) in [4.78, 5) is 27.8. The Labute approximate surface area is 139 Å². The molecular weight excluding hydrogens is 304 g/mol. The maximum Gasteiger partial charge on any atom is 0.236 e. The molecule has 0 atom stereocenters. The van der Waals surface area contributed by atoms with Crippen molar-refractivity contribution in [2.24, 2.45) is 0 Å². The Morgan fingerprint density at radius 2 is 1.77 bits per heavy atom. The monoisotopic (exact) mass is 332 g/mol. The number of carbonyl (C=O) groups excluding carboxylic acids is 2. The van der Waals surface area contributed by atoms with Crippen molar-refractivity contribution >= 4 is 24.2 Å². The zero-order chi connectivity index (χ0) is 15.1. The van der Waals surface area contributed by atoms with Gasteiger partial charge < -0.3 is 15.5 Å². The van der Waals surface area contributed by atoms with E-state index in [-0.39, 0.29) is 24.2 Å². The Morgan fingerprint density at radius 1 is 1.14 bits per heavy atom. The molecule has 2 rings (SSSR count). The molecule has 0 bridgehead atoms. The molecule has 2 aliphatic rings. The molecule has 0 radical (unpaired) electrons. The van der Waals surface area contributed by atoms with Gasteiger partial charge in [-0.3, -0.25) is 14.5 Å². The molecule has 0 aromatic carbocycles. The summed E-state index contributed by atoms with van der Waals surface area (Å²) in [6.07, 6.45) is 5.89. The number of hydrogen-bond acceptors (Lipinski definition) is 4. The van der Waals surface area contributed by atoms with E-state index in [1.54, 1.807) is 0 Å². The quantitative estimate of drug-likeness (QED) is 0.756. The smallest absolute Gasteiger partial charge is 0.236 e. The molecule has 2 fully saturated rings. The molecule has 22 heavy (non-hydrogen) atoms. The Balaban J connectivity index is 0.00000242. The Hall–Kier alpha value is -0.850. The van der Waals surface area contributed by atoms with Crippen LogP contribution in [0.25, 0.3) is 0 Å². The lowest BCUT2D eigenvalue weighted by molar-refractivity contribution is -0.133. The van der Waals surface area contributed by atoms with Crippen molar-refractivity contribution in [3.8, 4) is 0 Å². The van der Waals surface area contributed by atoms with Crippen LogP contribution in [-0.4, -0.2) is 74.0 Å². The number of likely N-dealkylation sites (N-methyl/N-ethyl adjacent to an activating group) is 1. The molecule has 2 amide bonds. The van der Waals surface area contributed by atoms with Crippen LogP contribution in [0.2, 0.25) is 0 Å². The van der Waals surface area contributed by atoms with Crippen LogP contribution in [0.1, 0.15) is 32.1 Å². The van der Waals surface area contributed by atoms with Crippen molar-refractivity contribution in [1.82, 2.24) is 20.4 Å². The molecule has 0 aromatic rings. The van der Waals surface area contributed by atoms with Crippen molar-refractivity contribution in [3.05, 3.63) is 0 Å². The largest absolute Gasteiger partial charge is 0.352 e. The van der Waals surface area contributed by atoms with Gasteiger partial charge in [0.25, 0.3) is 0 Å². The normalized spacial score (nSPS) is 19.6. The van der Waals surface area contributed by atoms with Crippen LogP contribution >= 0.6 is 12.4 Å². The summed E-state index contributed by atoms with van der Waals surface area (Å²) in [7, 11) is 1.83. The minimum Gasteiger partial charge on any atom is -0.352 e. The van der Waals surface area contributed by atoms with Gasteiger partial charge >= 0.3 is 0 Å². The van der Waals surface area contributed by atoms with E-state index in [1.807, 2.05) is 16.8 Å². The first-order valence-corrected chi connectivity index (χ1v) is 8.11. The highest BCUT2D eigenvalue weighted by molar-refractivity contribution is 5.85. The van der Waals surface area contributed by atoms with Gasteiger partial charge in [-0.15, -0.1) is 12.4 Å². The number of rotatable bonds is 5. The van der Waals surface area contributed by atoms with Crippen LogP contribution in [0.4, 0.5) is 0 Å². The molecule has 1 saturated heterocycles. The van der Waals surface area contributed by atoms with Crippen molar-refractivity contribution in [2.75, 3.05) is 46.3 Å². The average Bonchev–Trinajstić information content (AvgIpc) is 2.48. The molecule has 1 heterocycles. The van der Waals surface area contributed by atoms with E-state index in [0.29, 0.717) is 19.1 Å². The molecule has 0 unspecified atom stereocenters. The highest BCUT2D eigenvalue weighted by atomic mass is 35.5. The third kappa shape index (κ3) is 6.50. The van der Waals surface area contributed by atoms with Gasteiger partial charge in [0.1, 0.15) is 0 Å². The summed E-state index contributed by atoms with van der Waals surface area (Å²) >= 11 is 0. The Bertz CT molecular complexity index is 355. The van der Waals surface area contributed by atoms with Crippen LogP contribution in [-0.2, 0) is 9.59 Å². The lowest BCUT2D eigenvalue weighted by atomic mass is 9.95. The van der Waals surface area contributed by atoms with Gasteiger partial charge in [-0.05, 0) is 19.9 Å². The van der Waals surface area contributed by atoms with E-state index >= 15 is 0 Å². The number of piperazine rings is 1. The molecule has 0 aromatic heterocycles. The third-order valence-electron chi connectivity index (χ3n) is 4.26. The number of nitrogens with one attached hydrogen (secondary N) is 2. The maximum atomic E-state index is 12.1. The molecule has 1 aliphatic carbocycles. The predicted molar refractivity (Wildman–Crippen MR) is 89.2 cm³/mol. The first kappa shape index (κ1) is 19.2. The van der Waals surface area contributed by atoms with Gasteiger partial charge in [-0.25, -0.2) is 0 Å². The van der Waals surface area contributed by atoms with Crippen molar-refractivity contribution in [3.63, 3.8) is 0 Å². The minimum absolute atomic E-state index is 0. The van der Waals surface area contributed by atoms with Crippen molar-refractivity contribution in [2.45, 2.75) is 38.1 Å². The van der Waals surface area contributed by atoms with E-state index in [9.17, 15) is 9.59 Å². The van der Waals surface area contributed by atoms with E-state index < -0.39 is 0 Å². The second-order valence-electron chi connectivity index (χ2n) is 6.21. The highest BCUT2D eigenvalue weighted by Gasteiger charge is 2.20. The number of amides is 2. The zero-order valence-corrected chi connectivity index (χ0v) is 14.3. The summed E-state index contributed by atoms with van der Waals surface area (Å²) < 4.78 is 0. The Morgan fingerprint density at radius 3 is 2.41 bits per heavy atom.